The molecule has 0 aromatic heterocycles. The highest BCUT2D eigenvalue weighted by Crippen LogP contribution is 2.10. The number of amides is 1. The summed E-state index contributed by atoms with van der Waals surface area (Å²) in [7, 11) is 1.89. The fourth-order valence-corrected chi connectivity index (χ4v) is 2.28. The molecule has 1 atom stereocenters. The predicted octanol–water partition coefficient (Wildman–Crippen LogP) is 1.70. The number of halogens is 2. The smallest absolute Gasteiger partial charge is 0.251 e. The molecule has 0 aliphatic carbocycles. The molecule has 23 heavy (non-hydrogen) atoms. The molecule has 1 aromatic carbocycles. The average molecular weight is 364 g/mol. The molecule has 2 N–H and O–H groups in total. The van der Waals surface area contributed by atoms with E-state index in [4.69, 9.17) is 4.74 Å². The summed E-state index contributed by atoms with van der Waals surface area (Å²) in [6, 6.07) is 8.14. The van der Waals surface area contributed by atoms with Crippen LogP contribution in [0.25, 0.3) is 0 Å². The van der Waals surface area contributed by atoms with Gasteiger partial charge in [-0.3, -0.25) is 9.69 Å². The van der Waals surface area contributed by atoms with Gasteiger partial charge >= 0.3 is 0 Å². The molecule has 1 aliphatic rings. The van der Waals surface area contributed by atoms with Crippen LogP contribution in [0.15, 0.2) is 24.3 Å². The summed E-state index contributed by atoms with van der Waals surface area (Å²) >= 11 is 0. The molecule has 0 spiro atoms. The monoisotopic (exact) mass is 363 g/mol. The molecule has 0 saturated carbocycles. The Labute approximate surface area is 151 Å². The van der Waals surface area contributed by atoms with Gasteiger partial charge in [0.1, 0.15) is 0 Å². The molecule has 1 aromatic rings. The first kappa shape index (κ1) is 22.1. The van der Waals surface area contributed by atoms with E-state index in [9.17, 15) is 4.79 Å². The molecule has 1 unspecified atom stereocenters. The summed E-state index contributed by atoms with van der Waals surface area (Å²) in [5.74, 6) is -0.0130. The summed E-state index contributed by atoms with van der Waals surface area (Å²) in [6.07, 6.45) is 0. The highest BCUT2D eigenvalue weighted by atomic mass is 35.5. The maximum atomic E-state index is 12.1. The van der Waals surface area contributed by atoms with E-state index >= 15 is 0 Å². The number of nitrogens with one attached hydrogen (secondary N) is 2. The Morgan fingerprint density at radius 3 is 2.65 bits per heavy atom. The highest BCUT2D eigenvalue weighted by Gasteiger charge is 2.12. The fraction of sp³-hybridized carbons (Fsp3) is 0.562. The first-order valence-corrected chi connectivity index (χ1v) is 7.53. The SMILES string of the molecule is CNC(C)CNC(=O)c1cccc(CN2CCOCC2)c1.Cl.Cl. The van der Waals surface area contributed by atoms with Crippen LogP contribution in [0, 0.1) is 0 Å². The number of likely N-dealkylation sites (N-methyl/N-ethyl adjacent to an activating group) is 1. The highest BCUT2D eigenvalue weighted by molar-refractivity contribution is 5.94. The number of hydrogen-bond acceptors (Lipinski definition) is 4. The van der Waals surface area contributed by atoms with E-state index < -0.39 is 0 Å². The van der Waals surface area contributed by atoms with Crippen molar-refractivity contribution in [1.29, 1.82) is 0 Å². The van der Waals surface area contributed by atoms with E-state index in [-0.39, 0.29) is 36.8 Å². The van der Waals surface area contributed by atoms with Gasteiger partial charge in [0, 0.05) is 37.8 Å². The molecule has 1 saturated heterocycles. The quantitative estimate of drug-likeness (QED) is 0.807. The number of carbonyl (C=O) groups excluding carboxylic acids is 1. The van der Waals surface area contributed by atoms with Crippen molar-refractivity contribution in [3.8, 4) is 0 Å². The summed E-state index contributed by atoms with van der Waals surface area (Å²) in [5, 5.41) is 6.05. The van der Waals surface area contributed by atoms with Gasteiger partial charge in [-0.25, -0.2) is 0 Å². The molecule has 2 rings (SSSR count). The zero-order chi connectivity index (χ0) is 15.1. The first-order valence-electron chi connectivity index (χ1n) is 7.53. The lowest BCUT2D eigenvalue weighted by Crippen LogP contribution is -2.37. The average Bonchev–Trinajstić information content (AvgIpc) is 2.53. The molecule has 1 aliphatic heterocycles. The Balaban J connectivity index is 0.00000242. The van der Waals surface area contributed by atoms with Gasteiger partial charge in [0.25, 0.3) is 5.91 Å². The normalized spacial score (nSPS) is 15.9. The van der Waals surface area contributed by atoms with Crippen LogP contribution >= 0.6 is 24.8 Å². The van der Waals surface area contributed by atoms with E-state index in [1.165, 1.54) is 5.56 Å². The molecule has 7 heteroatoms. The number of morpholine rings is 1. The predicted molar refractivity (Wildman–Crippen MR) is 97.9 cm³/mol. The second-order valence-corrected chi connectivity index (χ2v) is 5.49. The second-order valence-electron chi connectivity index (χ2n) is 5.49. The first-order chi connectivity index (χ1) is 10.2. The standard InChI is InChI=1S/C16H25N3O2.2ClH/c1-13(17-2)11-18-16(20)15-5-3-4-14(10-15)12-19-6-8-21-9-7-19;;/h3-5,10,13,17H,6-9,11-12H2,1-2H3,(H,18,20);2*1H. The van der Waals surface area contributed by atoms with Crippen molar-refractivity contribution in [2.75, 3.05) is 39.9 Å². The Bertz CT molecular complexity index is 468. The van der Waals surface area contributed by atoms with Gasteiger partial charge in [0.05, 0.1) is 13.2 Å². The van der Waals surface area contributed by atoms with Crippen LogP contribution in [0.1, 0.15) is 22.8 Å². The number of benzene rings is 1. The molecule has 0 bridgehead atoms. The lowest BCUT2D eigenvalue weighted by Gasteiger charge is -2.26. The van der Waals surface area contributed by atoms with Gasteiger partial charge in [-0.05, 0) is 31.7 Å². The Morgan fingerprint density at radius 1 is 1.30 bits per heavy atom. The largest absolute Gasteiger partial charge is 0.379 e. The van der Waals surface area contributed by atoms with Crippen molar-refractivity contribution in [2.24, 2.45) is 0 Å². The van der Waals surface area contributed by atoms with E-state index in [2.05, 4.69) is 21.6 Å². The van der Waals surface area contributed by atoms with E-state index in [0.717, 1.165) is 38.4 Å². The Kier molecular flexibility index (Phi) is 11.2. The maximum Gasteiger partial charge on any atom is 0.251 e. The van der Waals surface area contributed by atoms with Crippen LogP contribution in [0.4, 0.5) is 0 Å². The van der Waals surface area contributed by atoms with Crippen LogP contribution in [0.5, 0.6) is 0 Å². The van der Waals surface area contributed by atoms with E-state index in [0.29, 0.717) is 6.54 Å². The van der Waals surface area contributed by atoms with Gasteiger partial charge < -0.3 is 15.4 Å². The Hall–Kier alpha value is -0.850. The van der Waals surface area contributed by atoms with Gasteiger partial charge in [-0.1, -0.05) is 12.1 Å². The minimum absolute atomic E-state index is 0. The van der Waals surface area contributed by atoms with E-state index in [1.807, 2.05) is 32.2 Å². The topological polar surface area (TPSA) is 53.6 Å². The van der Waals surface area contributed by atoms with Crippen LogP contribution in [0.2, 0.25) is 0 Å². The van der Waals surface area contributed by atoms with Crippen LogP contribution in [-0.2, 0) is 11.3 Å². The minimum Gasteiger partial charge on any atom is -0.379 e. The molecular weight excluding hydrogens is 337 g/mol. The molecule has 1 fully saturated rings. The van der Waals surface area contributed by atoms with Gasteiger partial charge in [0.15, 0.2) is 0 Å². The molecule has 1 amide bonds. The number of hydrogen-bond donors (Lipinski definition) is 2. The van der Waals surface area contributed by atoms with Crippen molar-refractivity contribution < 1.29 is 9.53 Å². The van der Waals surface area contributed by atoms with Gasteiger partial charge in [0.2, 0.25) is 0 Å². The summed E-state index contributed by atoms with van der Waals surface area (Å²) in [5.41, 5.74) is 1.90. The van der Waals surface area contributed by atoms with Crippen LogP contribution < -0.4 is 10.6 Å². The summed E-state index contributed by atoms with van der Waals surface area (Å²) in [6.45, 7) is 7.03. The van der Waals surface area contributed by atoms with Crippen LogP contribution in [0.3, 0.4) is 0 Å². The maximum absolute atomic E-state index is 12.1. The summed E-state index contributed by atoms with van der Waals surface area (Å²) < 4.78 is 5.35. The molecule has 0 radical (unpaired) electrons. The third-order valence-corrected chi connectivity index (χ3v) is 3.76. The number of carbonyl (C=O) groups is 1. The second kappa shape index (κ2) is 11.6. The fourth-order valence-electron chi connectivity index (χ4n) is 2.28. The molecule has 132 valence electrons. The van der Waals surface area contributed by atoms with Crippen molar-refractivity contribution in [2.45, 2.75) is 19.5 Å². The van der Waals surface area contributed by atoms with Crippen molar-refractivity contribution in [3.05, 3.63) is 35.4 Å². The van der Waals surface area contributed by atoms with Crippen molar-refractivity contribution >= 4 is 30.7 Å². The zero-order valence-electron chi connectivity index (χ0n) is 13.7. The summed E-state index contributed by atoms with van der Waals surface area (Å²) in [4.78, 5) is 14.5. The Morgan fingerprint density at radius 2 is 2.00 bits per heavy atom. The zero-order valence-corrected chi connectivity index (χ0v) is 15.3. The van der Waals surface area contributed by atoms with Gasteiger partial charge in [-0.15, -0.1) is 24.8 Å². The lowest BCUT2D eigenvalue weighted by atomic mass is 10.1. The molecule has 1 heterocycles. The van der Waals surface area contributed by atoms with Crippen molar-refractivity contribution in [3.63, 3.8) is 0 Å². The molecule has 5 nitrogen and oxygen atoms in total. The number of ether oxygens (including phenoxy) is 1. The number of nitrogens with zero attached hydrogens (tertiary/aromatic N) is 1. The van der Waals surface area contributed by atoms with Gasteiger partial charge in [-0.2, -0.15) is 0 Å². The third kappa shape index (κ3) is 7.50. The molecular formula is C16H27Cl2N3O2. The minimum atomic E-state index is -0.0130. The number of rotatable bonds is 6. The van der Waals surface area contributed by atoms with Crippen molar-refractivity contribution in [1.82, 2.24) is 15.5 Å². The van der Waals surface area contributed by atoms with E-state index in [1.54, 1.807) is 0 Å². The lowest BCUT2D eigenvalue weighted by molar-refractivity contribution is 0.0342. The third-order valence-electron chi connectivity index (χ3n) is 3.76. The van der Waals surface area contributed by atoms with Crippen LogP contribution in [-0.4, -0.2) is 56.7 Å².